The Hall–Kier alpha value is -3.79. The molecular weight excluding hydrogens is 476 g/mol. The van der Waals surface area contributed by atoms with E-state index >= 15 is 0 Å². The Balaban J connectivity index is 1.22. The number of likely N-dealkylation sites (tertiary alicyclic amines) is 1. The third-order valence-corrected chi connectivity index (χ3v) is 6.48. The Labute approximate surface area is 216 Å². The van der Waals surface area contributed by atoms with Crippen molar-refractivity contribution in [3.63, 3.8) is 0 Å². The van der Waals surface area contributed by atoms with Gasteiger partial charge in [-0.2, -0.15) is 0 Å². The first-order valence-corrected chi connectivity index (χ1v) is 12.4. The molecule has 0 unspecified atom stereocenters. The SMILES string of the molecule is CN1C=CCC(C(=O)N2CCC(OC(=O)OCOC(=O)n3cc(CCN(C)C)c4ccccc43)CC2)=C1. The van der Waals surface area contributed by atoms with Gasteiger partial charge in [0.2, 0.25) is 6.79 Å². The van der Waals surface area contributed by atoms with Crippen molar-refractivity contribution in [3.05, 3.63) is 60.1 Å². The van der Waals surface area contributed by atoms with Gasteiger partial charge in [0.25, 0.3) is 5.91 Å². The van der Waals surface area contributed by atoms with Gasteiger partial charge in [-0.15, -0.1) is 0 Å². The molecular formula is C27H34N4O6. The molecule has 2 aromatic rings. The molecule has 0 spiro atoms. The van der Waals surface area contributed by atoms with Crippen molar-refractivity contribution in [3.8, 4) is 0 Å². The van der Waals surface area contributed by atoms with Crippen LogP contribution in [0.2, 0.25) is 0 Å². The summed E-state index contributed by atoms with van der Waals surface area (Å²) in [5, 5.41) is 0.981. The van der Waals surface area contributed by atoms with Gasteiger partial charge in [0.05, 0.1) is 5.52 Å². The predicted molar refractivity (Wildman–Crippen MR) is 138 cm³/mol. The van der Waals surface area contributed by atoms with Gasteiger partial charge in [0.1, 0.15) is 6.10 Å². The molecule has 1 amide bonds. The first kappa shape index (κ1) is 26.3. The Morgan fingerprint density at radius 1 is 1.08 bits per heavy atom. The Morgan fingerprint density at radius 3 is 2.57 bits per heavy atom. The van der Waals surface area contributed by atoms with Gasteiger partial charge in [-0.1, -0.05) is 24.3 Å². The van der Waals surface area contributed by atoms with E-state index in [4.69, 9.17) is 14.2 Å². The Morgan fingerprint density at radius 2 is 1.84 bits per heavy atom. The third kappa shape index (κ3) is 6.71. The lowest BCUT2D eigenvalue weighted by molar-refractivity contribution is -0.129. The van der Waals surface area contributed by atoms with Gasteiger partial charge in [0, 0.05) is 62.9 Å². The molecule has 1 fully saturated rings. The minimum atomic E-state index is -0.900. The average Bonchev–Trinajstić information content (AvgIpc) is 3.26. The number of amides is 1. The summed E-state index contributed by atoms with van der Waals surface area (Å²) in [6.07, 6.45) is 8.02. The number of carbonyl (C=O) groups excluding carboxylic acids is 3. The minimum absolute atomic E-state index is 0.00606. The molecule has 0 saturated carbocycles. The number of fused-ring (bicyclic) bond motifs is 1. The third-order valence-electron chi connectivity index (χ3n) is 6.48. The molecule has 2 aliphatic rings. The molecule has 198 valence electrons. The molecule has 0 atom stereocenters. The van der Waals surface area contributed by atoms with Gasteiger partial charge in [-0.25, -0.2) is 9.59 Å². The lowest BCUT2D eigenvalue weighted by atomic mass is 10.0. The van der Waals surface area contributed by atoms with Gasteiger partial charge >= 0.3 is 12.2 Å². The van der Waals surface area contributed by atoms with Crippen LogP contribution in [-0.2, 0) is 25.4 Å². The zero-order valence-electron chi connectivity index (χ0n) is 21.6. The van der Waals surface area contributed by atoms with Crippen molar-refractivity contribution in [2.24, 2.45) is 0 Å². The standard InChI is InChI=1S/C27H34N4O6/c1-28(2)14-10-20-18-31(24-9-5-4-8-23(20)24)26(33)35-19-36-27(34)37-22-11-15-30(16-12-22)25(32)21-7-6-13-29(3)17-21/h4-6,8-9,13,17-18,22H,7,10-12,14-16,19H2,1-3H3. The number of allylic oxidation sites excluding steroid dienone is 1. The number of ether oxygens (including phenoxy) is 3. The maximum absolute atomic E-state index is 12.7. The maximum Gasteiger partial charge on any atom is 0.511 e. The largest absolute Gasteiger partial charge is 0.511 e. The molecule has 1 saturated heterocycles. The average molecular weight is 511 g/mol. The summed E-state index contributed by atoms with van der Waals surface area (Å²) >= 11 is 0. The Bertz CT molecular complexity index is 1190. The highest BCUT2D eigenvalue weighted by Gasteiger charge is 2.27. The zero-order valence-corrected chi connectivity index (χ0v) is 21.6. The van der Waals surface area contributed by atoms with Crippen LogP contribution in [0.5, 0.6) is 0 Å². The van der Waals surface area contributed by atoms with E-state index in [-0.39, 0.29) is 12.0 Å². The van der Waals surface area contributed by atoms with Crippen LogP contribution in [0.1, 0.15) is 24.8 Å². The lowest BCUT2D eigenvalue weighted by Crippen LogP contribution is -2.42. The fourth-order valence-corrected chi connectivity index (χ4v) is 4.52. The van der Waals surface area contributed by atoms with E-state index in [1.54, 1.807) is 11.1 Å². The number of nitrogens with zero attached hydrogens (tertiary/aromatic N) is 4. The molecule has 2 aliphatic heterocycles. The van der Waals surface area contributed by atoms with Crippen LogP contribution in [0.3, 0.4) is 0 Å². The molecule has 0 bridgehead atoms. The molecule has 1 aromatic heterocycles. The van der Waals surface area contributed by atoms with Crippen molar-refractivity contribution < 1.29 is 28.6 Å². The van der Waals surface area contributed by atoms with Crippen LogP contribution >= 0.6 is 0 Å². The van der Waals surface area contributed by atoms with Crippen molar-refractivity contribution in [2.45, 2.75) is 31.8 Å². The van der Waals surface area contributed by atoms with Crippen molar-refractivity contribution >= 4 is 29.1 Å². The molecule has 37 heavy (non-hydrogen) atoms. The molecule has 10 heteroatoms. The highest BCUT2D eigenvalue weighted by Crippen LogP contribution is 2.23. The second-order valence-electron chi connectivity index (χ2n) is 9.54. The Kier molecular flexibility index (Phi) is 8.50. The number of piperidine rings is 1. The molecule has 3 heterocycles. The smallest absolute Gasteiger partial charge is 0.431 e. The first-order chi connectivity index (χ1) is 17.8. The molecule has 1 aromatic carbocycles. The van der Waals surface area contributed by atoms with E-state index < -0.39 is 19.0 Å². The predicted octanol–water partition coefficient (Wildman–Crippen LogP) is 3.56. The van der Waals surface area contributed by atoms with E-state index in [1.807, 2.05) is 68.8 Å². The number of likely N-dealkylation sites (N-methyl/N-ethyl adjacent to an activating group) is 1. The fraction of sp³-hybridized carbons (Fsp3) is 0.444. The maximum atomic E-state index is 12.7. The summed E-state index contributed by atoms with van der Waals surface area (Å²) in [5.41, 5.74) is 2.51. The number of rotatable bonds is 7. The lowest BCUT2D eigenvalue weighted by Gasteiger charge is -2.32. The normalized spacial score (nSPS) is 16.2. The van der Waals surface area contributed by atoms with Crippen LogP contribution in [0.15, 0.2) is 54.5 Å². The van der Waals surface area contributed by atoms with Crippen molar-refractivity contribution in [1.82, 2.24) is 19.3 Å². The number of aromatic nitrogens is 1. The van der Waals surface area contributed by atoms with E-state index in [9.17, 15) is 14.4 Å². The van der Waals surface area contributed by atoms with E-state index in [0.717, 1.165) is 35.0 Å². The number of hydrogen-bond acceptors (Lipinski definition) is 8. The highest BCUT2D eigenvalue weighted by molar-refractivity contribution is 5.94. The van der Waals surface area contributed by atoms with Crippen LogP contribution < -0.4 is 0 Å². The second kappa shape index (κ2) is 12.0. The van der Waals surface area contributed by atoms with Gasteiger partial charge in [-0.05, 0) is 44.8 Å². The fourth-order valence-electron chi connectivity index (χ4n) is 4.52. The number of carbonyl (C=O) groups is 3. The minimum Gasteiger partial charge on any atom is -0.431 e. The summed E-state index contributed by atoms with van der Waals surface area (Å²) in [4.78, 5) is 43.3. The molecule has 4 rings (SSSR count). The summed E-state index contributed by atoms with van der Waals surface area (Å²) < 4.78 is 17.0. The van der Waals surface area contributed by atoms with E-state index in [1.165, 1.54) is 4.57 Å². The monoisotopic (exact) mass is 510 g/mol. The van der Waals surface area contributed by atoms with Gasteiger partial charge < -0.3 is 28.9 Å². The zero-order chi connectivity index (χ0) is 26.4. The summed E-state index contributed by atoms with van der Waals surface area (Å²) in [6, 6.07) is 7.61. The molecule has 0 aliphatic carbocycles. The summed E-state index contributed by atoms with van der Waals surface area (Å²) in [5.74, 6) is 0.00606. The van der Waals surface area contributed by atoms with Crippen LogP contribution in [0.4, 0.5) is 9.59 Å². The van der Waals surface area contributed by atoms with Gasteiger partial charge in [-0.3, -0.25) is 9.36 Å². The van der Waals surface area contributed by atoms with Crippen LogP contribution in [-0.4, -0.2) is 91.1 Å². The highest BCUT2D eigenvalue weighted by atomic mass is 16.8. The second-order valence-corrected chi connectivity index (χ2v) is 9.54. The van der Waals surface area contributed by atoms with E-state index in [2.05, 4.69) is 4.90 Å². The number of benzene rings is 1. The molecule has 0 N–H and O–H groups in total. The first-order valence-electron chi connectivity index (χ1n) is 12.4. The summed E-state index contributed by atoms with van der Waals surface area (Å²) in [6.45, 7) is 1.28. The number of para-hydroxylation sites is 1. The summed E-state index contributed by atoms with van der Waals surface area (Å²) in [7, 11) is 5.88. The van der Waals surface area contributed by atoms with Crippen LogP contribution in [0.25, 0.3) is 10.9 Å². The van der Waals surface area contributed by atoms with E-state index in [0.29, 0.717) is 32.4 Å². The molecule has 10 nitrogen and oxygen atoms in total. The molecule has 0 radical (unpaired) electrons. The van der Waals surface area contributed by atoms with Crippen molar-refractivity contribution in [2.75, 3.05) is 47.6 Å². The number of hydrogen-bond donors (Lipinski definition) is 0. The van der Waals surface area contributed by atoms with Crippen LogP contribution in [0, 0.1) is 0 Å². The topological polar surface area (TPSA) is 93.5 Å². The van der Waals surface area contributed by atoms with Gasteiger partial charge in [0.15, 0.2) is 0 Å². The van der Waals surface area contributed by atoms with Crippen molar-refractivity contribution in [1.29, 1.82) is 0 Å². The quantitative estimate of drug-likeness (QED) is 0.412.